The van der Waals surface area contributed by atoms with Gasteiger partial charge in [-0.05, 0) is 54.3 Å². The predicted molar refractivity (Wildman–Crippen MR) is 118 cm³/mol. The van der Waals surface area contributed by atoms with E-state index >= 15 is 0 Å². The van der Waals surface area contributed by atoms with Crippen LogP contribution in [-0.2, 0) is 11.3 Å². The Morgan fingerprint density at radius 3 is 2.55 bits per heavy atom. The number of ether oxygens (including phenoxy) is 1. The maximum Gasteiger partial charge on any atom is 0.434 e. The largest absolute Gasteiger partial charge is 0.508 e. The number of amides is 1. The molecule has 10 heteroatoms. The summed E-state index contributed by atoms with van der Waals surface area (Å²) >= 11 is 1.20. The Morgan fingerprint density at radius 1 is 1.23 bits per heavy atom. The molecule has 2 N–H and O–H groups in total. The van der Waals surface area contributed by atoms with Gasteiger partial charge in [0.1, 0.15) is 16.5 Å². The third kappa shape index (κ3) is 5.56. The summed E-state index contributed by atoms with van der Waals surface area (Å²) in [6, 6.07) is 11.7. The normalized spacial score (nSPS) is 12.1. The van der Waals surface area contributed by atoms with E-state index in [4.69, 9.17) is 4.52 Å². The molecule has 0 fully saturated rings. The third-order valence-corrected chi connectivity index (χ3v) is 4.76. The van der Waals surface area contributed by atoms with Crippen molar-refractivity contribution in [3.63, 3.8) is 0 Å². The van der Waals surface area contributed by atoms with E-state index in [0.29, 0.717) is 39.3 Å². The molecule has 0 saturated carbocycles. The number of nitrogens with zero attached hydrogens (tertiary/aromatic N) is 4. The molecule has 0 saturated heterocycles. The van der Waals surface area contributed by atoms with Crippen LogP contribution in [-0.4, -0.2) is 50.6 Å². The van der Waals surface area contributed by atoms with Crippen LogP contribution in [0.15, 0.2) is 57.0 Å². The monoisotopic (exact) mass is 440 g/mol. The molecule has 0 atom stereocenters. The second-order valence-electron chi connectivity index (χ2n) is 6.28. The third-order valence-electron chi connectivity index (χ3n) is 4.09. The Bertz CT molecular complexity index is 1140. The van der Waals surface area contributed by atoms with Crippen LogP contribution in [0.25, 0.3) is 11.4 Å². The minimum atomic E-state index is -0.776. The van der Waals surface area contributed by atoms with Crippen molar-refractivity contribution in [3.05, 3.63) is 59.5 Å². The molecule has 0 radical (unpaired) electrons. The van der Waals surface area contributed by atoms with Crippen molar-refractivity contribution in [2.45, 2.75) is 13.5 Å². The second kappa shape index (κ2) is 10.0. The average molecular weight is 440 g/mol. The van der Waals surface area contributed by atoms with Crippen molar-refractivity contribution in [3.8, 4) is 17.1 Å². The lowest BCUT2D eigenvalue weighted by molar-refractivity contribution is 0.183. The summed E-state index contributed by atoms with van der Waals surface area (Å²) < 4.78 is 9.65. The molecule has 3 rings (SSSR count). The Hall–Kier alpha value is -3.50. The lowest BCUT2D eigenvalue weighted by atomic mass is 10.1. The van der Waals surface area contributed by atoms with Crippen LogP contribution in [0, 0.1) is 6.92 Å². The lowest BCUT2D eigenvalue weighted by Gasteiger charge is -2.11. The highest BCUT2D eigenvalue weighted by Gasteiger charge is 2.16. The van der Waals surface area contributed by atoms with E-state index in [9.17, 15) is 15.0 Å². The van der Waals surface area contributed by atoms with Crippen LogP contribution in [0.5, 0.6) is 5.75 Å². The Labute approximate surface area is 182 Å². The van der Waals surface area contributed by atoms with E-state index in [1.807, 2.05) is 0 Å². The van der Waals surface area contributed by atoms with Gasteiger partial charge in [0, 0.05) is 18.1 Å². The van der Waals surface area contributed by atoms with E-state index < -0.39 is 6.09 Å². The number of aliphatic imine (C=N–C) groups is 2. The molecule has 0 bridgehead atoms. The maximum absolute atomic E-state index is 11.8. The molecule has 160 valence electrons. The number of aliphatic hydroxyl groups excluding tert-OH is 1. The zero-order valence-electron chi connectivity index (χ0n) is 17.1. The number of phenols is 1. The van der Waals surface area contributed by atoms with Gasteiger partial charge in [-0.1, -0.05) is 5.16 Å². The molecular formula is C21H20N4O5S. The number of aromatic nitrogens is 2. The van der Waals surface area contributed by atoms with Crippen LogP contribution < -0.4 is 0 Å². The summed E-state index contributed by atoms with van der Waals surface area (Å²) in [6.07, 6.45) is 0.969. The molecule has 0 spiro atoms. The average Bonchev–Trinajstić information content (AvgIpc) is 3.22. The Balaban J connectivity index is 2.09. The van der Waals surface area contributed by atoms with E-state index in [1.54, 1.807) is 43.5 Å². The van der Waals surface area contributed by atoms with Gasteiger partial charge < -0.3 is 19.5 Å². The van der Waals surface area contributed by atoms with Crippen molar-refractivity contribution < 1.29 is 24.3 Å². The SMILES string of the molecule is COC(=O)/N=C(\SC)C(=Nc1ccc(-c2noc(C)n2)cc1)c1cc(O)cc(CO)c1. The first-order valence-corrected chi connectivity index (χ1v) is 10.3. The fraction of sp³-hybridized carbons (Fsp3) is 0.190. The first-order chi connectivity index (χ1) is 14.9. The molecule has 3 aromatic rings. The number of carbonyl (C=O) groups is 1. The summed E-state index contributed by atoms with van der Waals surface area (Å²) in [4.78, 5) is 24.6. The summed E-state index contributed by atoms with van der Waals surface area (Å²) in [5, 5.41) is 23.7. The van der Waals surface area contributed by atoms with E-state index in [1.165, 1.54) is 31.0 Å². The molecule has 0 aliphatic heterocycles. The van der Waals surface area contributed by atoms with Crippen molar-refractivity contribution in [1.82, 2.24) is 10.1 Å². The lowest BCUT2D eigenvalue weighted by Crippen LogP contribution is -2.15. The number of hydrogen-bond acceptors (Lipinski definition) is 9. The molecule has 31 heavy (non-hydrogen) atoms. The molecule has 1 aromatic heterocycles. The zero-order chi connectivity index (χ0) is 22.4. The second-order valence-corrected chi connectivity index (χ2v) is 7.08. The van der Waals surface area contributed by atoms with E-state index in [2.05, 4.69) is 24.9 Å². The quantitative estimate of drug-likeness (QED) is 0.451. The van der Waals surface area contributed by atoms with Gasteiger partial charge in [-0.3, -0.25) is 0 Å². The number of benzene rings is 2. The van der Waals surface area contributed by atoms with Crippen molar-refractivity contribution in [2.75, 3.05) is 13.4 Å². The molecule has 1 amide bonds. The van der Waals surface area contributed by atoms with Gasteiger partial charge in [-0.2, -0.15) is 9.98 Å². The maximum atomic E-state index is 11.8. The minimum absolute atomic E-state index is 0.0457. The van der Waals surface area contributed by atoms with Crippen molar-refractivity contribution in [1.29, 1.82) is 0 Å². The van der Waals surface area contributed by atoms with Gasteiger partial charge in [-0.15, -0.1) is 11.8 Å². The van der Waals surface area contributed by atoms with Gasteiger partial charge in [0.25, 0.3) is 0 Å². The number of rotatable bonds is 5. The first-order valence-electron chi connectivity index (χ1n) is 9.08. The van der Waals surface area contributed by atoms with Gasteiger partial charge in [0.15, 0.2) is 0 Å². The number of aryl methyl sites for hydroxylation is 1. The van der Waals surface area contributed by atoms with Crippen LogP contribution in [0.2, 0.25) is 0 Å². The number of methoxy groups -OCH3 is 1. The van der Waals surface area contributed by atoms with Gasteiger partial charge in [0.2, 0.25) is 11.7 Å². The zero-order valence-corrected chi connectivity index (χ0v) is 17.9. The van der Waals surface area contributed by atoms with E-state index in [-0.39, 0.29) is 12.4 Å². The molecule has 0 aliphatic carbocycles. The Morgan fingerprint density at radius 2 is 1.97 bits per heavy atom. The Kier molecular flexibility index (Phi) is 7.16. The topological polar surface area (TPSA) is 130 Å². The number of aromatic hydroxyl groups is 1. The minimum Gasteiger partial charge on any atom is -0.508 e. The number of aliphatic hydroxyl groups is 1. The van der Waals surface area contributed by atoms with Crippen LogP contribution in [0.4, 0.5) is 10.5 Å². The summed E-state index contributed by atoms with van der Waals surface area (Å²) in [7, 11) is 1.23. The highest BCUT2D eigenvalue weighted by atomic mass is 32.2. The molecule has 0 unspecified atom stereocenters. The number of thioether (sulfide) groups is 1. The number of hydrogen-bond donors (Lipinski definition) is 2. The number of phenolic OH excluding ortho intramolecular Hbond substituents is 1. The number of carbonyl (C=O) groups excluding carboxylic acids is 1. The molecule has 2 aromatic carbocycles. The van der Waals surface area contributed by atoms with Gasteiger partial charge in [-0.25, -0.2) is 9.79 Å². The predicted octanol–water partition coefficient (Wildman–Crippen LogP) is 3.89. The van der Waals surface area contributed by atoms with Crippen molar-refractivity contribution >= 4 is 34.3 Å². The smallest absolute Gasteiger partial charge is 0.434 e. The van der Waals surface area contributed by atoms with Crippen LogP contribution >= 0.6 is 11.8 Å². The fourth-order valence-corrected chi connectivity index (χ4v) is 3.21. The summed E-state index contributed by atoms with van der Waals surface area (Å²) in [5.74, 6) is 0.882. The first kappa shape index (κ1) is 22.2. The molecule has 9 nitrogen and oxygen atoms in total. The molecule has 1 heterocycles. The van der Waals surface area contributed by atoms with E-state index in [0.717, 1.165) is 5.56 Å². The summed E-state index contributed by atoms with van der Waals surface area (Å²) in [6.45, 7) is 1.44. The van der Waals surface area contributed by atoms with Crippen molar-refractivity contribution in [2.24, 2.45) is 9.98 Å². The molecular weight excluding hydrogens is 420 g/mol. The van der Waals surface area contributed by atoms with Gasteiger partial charge in [0.05, 0.1) is 19.4 Å². The van der Waals surface area contributed by atoms with Crippen LogP contribution in [0.1, 0.15) is 17.0 Å². The highest BCUT2D eigenvalue weighted by molar-refractivity contribution is 8.15. The standard InChI is InChI=1S/C21H20N4O5S/c1-12-22-19(25-30-12)14-4-6-16(7-5-14)23-18(20(31-3)24-21(28)29-2)15-8-13(11-26)9-17(27)10-15/h4-10,26-27H,11H2,1-3H3/b23-18?,24-20-. The highest BCUT2D eigenvalue weighted by Crippen LogP contribution is 2.24. The van der Waals surface area contributed by atoms with Crippen LogP contribution in [0.3, 0.4) is 0 Å². The summed E-state index contributed by atoms with van der Waals surface area (Å²) in [5.41, 5.74) is 2.64. The van der Waals surface area contributed by atoms with Gasteiger partial charge >= 0.3 is 6.09 Å². The fourth-order valence-electron chi connectivity index (χ4n) is 2.69. The molecule has 0 aliphatic rings.